The maximum absolute atomic E-state index is 5.87. The highest BCUT2D eigenvalue weighted by molar-refractivity contribution is 5.70. The van der Waals surface area contributed by atoms with Gasteiger partial charge >= 0.3 is 0 Å². The first-order chi connectivity index (χ1) is 18.7. The molecule has 4 aromatic carbocycles. The van der Waals surface area contributed by atoms with Gasteiger partial charge in [-0.25, -0.2) is 0 Å². The normalized spacial score (nSPS) is 10.9. The van der Waals surface area contributed by atoms with Crippen molar-refractivity contribution in [3.05, 3.63) is 97.1 Å². The van der Waals surface area contributed by atoms with Gasteiger partial charge in [-0.05, 0) is 65.1 Å². The summed E-state index contributed by atoms with van der Waals surface area (Å²) >= 11 is 0. The zero-order valence-electron chi connectivity index (χ0n) is 21.9. The molecule has 5 aromatic rings. The largest absolute Gasteiger partial charge is 0.497 e. The molecule has 0 saturated heterocycles. The van der Waals surface area contributed by atoms with E-state index in [1.54, 1.807) is 7.11 Å². The first-order valence-electron chi connectivity index (χ1n) is 13.2. The van der Waals surface area contributed by atoms with E-state index < -0.39 is 0 Å². The Morgan fingerprint density at radius 2 is 1.08 bits per heavy atom. The molecule has 5 heteroatoms. The van der Waals surface area contributed by atoms with Crippen LogP contribution >= 0.6 is 0 Å². The topological polar surface area (TPSA) is 57.4 Å². The number of aromatic nitrogens is 2. The lowest BCUT2D eigenvalue weighted by Gasteiger charge is -2.07. The van der Waals surface area contributed by atoms with Crippen LogP contribution in [0.2, 0.25) is 0 Å². The van der Waals surface area contributed by atoms with Crippen molar-refractivity contribution in [2.45, 2.75) is 32.6 Å². The summed E-state index contributed by atoms with van der Waals surface area (Å²) in [5.74, 6) is 2.82. The van der Waals surface area contributed by atoms with Gasteiger partial charge in [0.25, 0.3) is 5.89 Å². The third-order valence-electron chi connectivity index (χ3n) is 6.58. The van der Waals surface area contributed by atoms with Crippen molar-refractivity contribution < 1.29 is 14.0 Å². The molecule has 0 atom stereocenters. The van der Waals surface area contributed by atoms with Crippen molar-refractivity contribution in [2.75, 3.05) is 13.7 Å². The fraction of sp³-hybridized carbons (Fsp3) is 0.212. The number of unbranched alkanes of at least 4 members (excludes halogenated alkanes) is 3. The first kappa shape index (κ1) is 25.3. The third kappa shape index (κ3) is 6.12. The van der Waals surface area contributed by atoms with Gasteiger partial charge in [-0.3, -0.25) is 0 Å². The molecule has 0 saturated carbocycles. The van der Waals surface area contributed by atoms with Crippen molar-refractivity contribution in [3.8, 4) is 56.6 Å². The fourth-order valence-electron chi connectivity index (χ4n) is 4.32. The summed E-state index contributed by atoms with van der Waals surface area (Å²) in [6.07, 6.45) is 4.83. The Kier molecular flexibility index (Phi) is 8.14. The van der Waals surface area contributed by atoms with Crippen LogP contribution in [0.25, 0.3) is 45.1 Å². The average Bonchev–Trinajstić information content (AvgIpc) is 3.48. The van der Waals surface area contributed by atoms with E-state index in [2.05, 4.69) is 53.5 Å². The molecule has 0 spiro atoms. The van der Waals surface area contributed by atoms with Crippen molar-refractivity contribution in [2.24, 2.45) is 0 Å². The van der Waals surface area contributed by atoms with Crippen LogP contribution < -0.4 is 9.47 Å². The molecular weight excluding hydrogens is 472 g/mol. The zero-order chi connectivity index (χ0) is 26.2. The molecule has 5 nitrogen and oxygen atoms in total. The summed E-state index contributed by atoms with van der Waals surface area (Å²) in [6, 6.07) is 32.6. The molecule has 0 bridgehead atoms. The van der Waals surface area contributed by atoms with Gasteiger partial charge in [0, 0.05) is 11.1 Å². The molecule has 192 valence electrons. The molecule has 0 aliphatic heterocycles. The number of nitrogens with zero attached hydrogens (tertiary/aromatic N) is 2. The minimum Gasteiger partial charge on any atom is -0.497 e. The van der Waals surface area contributed by atoms with Crippen molar-refractivity contribution in [1.29, 1.82) is 0 Å². The Morgan fingerprint density at radius 3 is 1.63 bits per heavy atom. The van der Waals surface area contributed by atoms with Crippen LogP contribution in [0.1, 0.15) is 32.6 Å². The standard InChI is InChI=1S/C33H32N2O3/c1-3-4-5-6-23-37-31-21-17-27(18-22-31)24-7-11-28(12-8-24)32-34-33(38-35-32)29-13-9-25(10-14-29)26-15-19-30(36-2)20-16-26/h7-22H,3-6,23H2,1-2H3. The summed E-state index contributed by atoms with van der Waals surface area (Å²) in [6.45, 7) is 2.99. The summed E-state index contributed by atoms with van der Waals surface area (Å²) in [4.78, 5) is 4.63. The Hall–Kier alpha value is -4.38. The second kappa shape index (κ2) is 12.2. The SMILES string of the molecule is CCCCCCOc1ccc(-c2ccc(-c3noc(-c4ccc(-c5ccc(OC)cc5)cc4)n3)cc2)cc1. The predicted octanol–water partition coefficient (Wildman–Crippen LogP) is 8.71. The minimum atomic E-state index is 0.496. The lowest BCUT2D eigenvalue weighted by atomic mass is 10.0. The monoisotopic (exact) mass is 504 g/mol. The van der Waals surface area contributed by atoms with Crippen LogP contribution in [0, 0.1) is 0 Å². The number of hydrogen-bond acceptors (Lipinski definition) is 5. The highest BCUT2D eigenvalue weighted by Gasteiger charge is 2.11. The smallest absolute Gasteiger partial charge is 0.258 e. The molecule has 5 rings (SSSR count). The van der Waals surface area contributed by atoms with Gasteiger partial charge in [-0.1, -0.05) is 92.0 Å². The highest BCUT2D eigenvalue weighted by atomic mass is 16.5. The maximum Gasteiger partial charge on any atom is 0.258 e. The number of methoxy groups -OCH3 is 1. The van der Waals surface area contributed by atoms with Gasteiger partial charge in [-0.15, -0.1) is 0 Å². The molecule has 0 aliphatic rings. The van der Waals surface area contributed by atoms with E-state index in [-0.39, 0.29) is 0 Å². The maximum atomic E-state index is 5.87. The van der Waals surface area contributed by atoms with Gasteiger partial charge in [-0.2, -0.15) is 4.98 Å². The fourth-order valence-corrected chi connectivity index (χ4v) is 4.32. The Labute approximate surface area is 224 Å². The minimum absolute atomic E-state index is 0.496. The molecule has 0 unspecified atom stereocenters. The molecule has 0 aliphatic carbocycles. The van der Waals surface area contributed by atoms with Gasteiger partial charge in [0.1, 0.15) is 11.5 Å². The van der Waals surface area contributed by atoms with Crippen LogP contribution in [-0.4, -0.2) is 23.9 Å². The molecule has 0 amide bonds. The van der Waals surface area contributed by atoms with Crippen molar-refractivity contribution in [3.63, 3.8) is 0 Å². The Balaban J connectivity index is 1.22. The quantitative estimate of drug-likeness (QED) is 0.168. The van der Waals surface area contributed by atoms with E-state index in [9.17, 15) is 0 Å². The number of hydrogen-bond donors (Lipinski definition) is 0. The van der Waals surface area contributed by atoms with Crippen molar-refractivity contribution in [1.82, 2.24) is 10.1 Å². The molecule has 0 fully saturated rings. The zero-order valence-corrected chi connectivity index (χ0v) is 21.9. The Morgan fingerprint density at radius 1 is 0.579 bits per heavy atom. The summed E-state index contributed by atoms with van der Waals surface area (Å²) in [5, 5.41) is 4.21. The van der Waals surface area contributed by atoms with E-state index in [0.29, 0.717) is 11.7 Å². The van der Waals surface area contributed by atoms with Gasteiger partial charge in [0.2, 0.25) is 5.82 Å². The number of benzene rings is 4. The molecule has 0 N–H and O–H groups in total. The Bertz CT molecular complexity index is 1420. The molecule has 1 heterocycles. The third-order valence-corrected chi connectivity index (χ3v) is 6.58. The number of rotatable bonds is 11. The van der Waals surface area contributed by atoms with Crippen LogP contribution in [0.15, 0.2) is 102 Å². The van der Waals surface area contributed by atoms with Crippen LogP contribution in [0.5, 0.6) is 11.5 Å². The summed E-state index contributed by atoms with van der Waals surface area (Å²) < 4.78 is 16.7. The lowest BCUT2D eigenvalue weighted by Crippen LogP contribution is -1.96. The van der Waals surface area contributed by atoms with Gasteiger partial charge in [0.15, 0.2) is 0 Å². The van der Waals surface area contributed by atoms with Gasteiger partial charge in [0.05, 0.1) is 13.7 Å². The van der Waals surface area contributed by atoms with E-state index in [1.165, 1.54) is 19.3 Å². The molecule has 38 heavy (non-hydrogen) atoms. The average molecular weight is 505 g/mol. The van der Waals surface area contributed by atoms with E-state index in [1.807, 2.05) is 60.7 Å². The van der Waals surface area contributed by atoms with Crippen LogP contribution in [0.3, 0.4) is 0 Å². The number of ether oxygens (including phenoxy) is 2. The summed E-state index contributed by atoms with van der Waals surface area (Å²) in [7, 11) is 1.67. The second-order valence-electron chi connectivity index (χ2n) is 9.24. The van der Waals surface area contributed by atoms with Gasteiger partial charge < -0.3 is 14.0 Å². The van der Waals surface area contributed by atoms with E-state index in [4.69, 9.17) is 14.0 Å². The predicted molar refractivity (Wildman–Crippen MR) is 152 cm³/mol. The first-order valence-corrected chi connectivity index (χ1v) is 13.2. The molecule has 0 radical (unpaired) electrons. The van der Waals surface area contributed by atoms with Crippen molar-refractivity contribution >= 4 is 0 Å². The molecule has 1 aromatic heterocycles. The van der Waals surface area contributed by atoms with Crippen LogP contribution in [-0.2, 0) is 0 Å². The van der Waals surface area contributed by atoms with Crippen LogP contribution in [0.4, 0.5) is 0 Å². The van der Waals surface area contributed by atoms with E-state index in [0.717, 1.165) is 57.9 Å². The highest BCUT2D eigenvalue weighted by Crippen LogP contribution is 2.29. The van der Waals surface area contributed by atoms with E-state index >= 15 is 0 Å². The lowest BCUT2D eigenvalue weighted by molar-refractivity contribution is 0.305. The second-order valence-corrected chi connectivity index (χ2v) is 9.24. The molecular formula is C33H32N2O3. The summed E-state index contributed by atoms with van der Waals surface area (Å²) in [5.41, 5.74) is 6.28.